The van der Waals surface area contributed by atoms with Gasteiger partial charge in [-0.1, -0.05) is 23.2 Å². The minimum atomic E-state index is -4.00. The first-order chi connectivity index (χ1) is 19.2. The largest absolute Gasteiger partial charge is 0.495 e. The number of ketones is 1. The Balaban J connectivity index is 1.44. The van der Waals surface area contributed by atoms with E-state index in [4.69, 9.17) is 16.3 Å². The van der Waals surface area contributed by atoms with Crippen LogP contribution in [0.15, 0.2) is 83.5 Å². The normalized spacial score (nSPS) is 18.9. The summed E-state index contributed by atoms with van der Waals surface area (Å²) in [6.45, 7) is 0.108. The number of aromatic nitrogens is 3. The molecule has 3 heterocycles. The lowest BCUT2D eigenvalue weighted by atomic mass is 9.65. The minimum Gasteiger partial charge on any atom is -0.495 e. The predicted octanol–water partition coefficient (Wildman–Crippen LogP) is 4.97. The molecule has 4 aromatic rings. The molecule has 1 atom stereocenters. The van der Waals surface area contributed by atoms with Crippen LogP contribution in [0.3, 0.4) is 0 Å². The first kappa shape index (κ1) is 26.4. The number of pyridine rings is 1. The van der Waals surface area contributed by atoms with Crippen molar-refractivity contribution < 1.29 is 22.3 Å². The Morgan fingerprint density at radius 2 is 1.93 bits per heavy atom. The molecular weight excluding hydrogens is 555 g/mol. The van der Waals surface area contributed by atoms with Crippen molar-refractivity contribution in [2.24, 2.45) is 5.41 Å². The maximum Gasteiger partial charge on any atom is 0.243 e. The zero-order chi connectivity index (χ0) is 28.1. The van der Waals surface area contributed by atoms with Gasteiger partial charge >= 0.3 is 0 Å². The van der Waals surface area contributed by atoms with E-state index in [1.165, 1.54) is 41.7 Å². The molecule has 8 nitrogen and oxygen atoms in total. The molecule has 0 N–H and O–H groups in total. The molecule has 0 spiro atoms. The van der Waals surface area contributed by atoms with Crippen LogP contribution in [0.4, 0.5) is 4.39 Å². The van der Waals surface area contributed by atoms with Gasteiger partial charge in [-0.25, -0.2) is 17.5 Å². The van der Waals surface area contributed by atoms with E-state index in [1.54, 1.807) is 47.4 Å². The number of ether oxygens (including phenoxy) is 1. The van der Waals surface area contributed by atoms with E-state index in [-0.39, 0.29) is 46.7 Å². The number of carbonyl (C=O) groups excluding carboxylic acids is 1. The molecule has 204 valence electrons. The Bertz CT molecular complexity index is 1760. The molecular formula is C29H24ClFN4O4S. The highest BCUT2D eigenvalue weighted by Gasteiger charge is 2.51. The number of carbonyl (C=O) groups is 1. The summed E-state index contributed by atoms with van der Waals surface area (Å²) >= 11 is 6.25. The van der Waals surface area contributed by atoms with Crippen molar-refractivity contribution in [3.05, 3.63) is 106 Å². The Hall–Kier alpha value is -3.86. The molecule has 2 aromatic heterocycles. The molecule has 0 radical (unpaired) electrons. The molecule has 0 unspecified atom stereocenters. The van der Waals surface area contributed by atoms with Gasteiger partial charge in [0.1, 0.15) is 17.3 Å². The molecule has 11 heteroatoms. The van der Waals surface area contributed by atoms with Gasteiger partial charge in [0, 0.05) is 19.3 Å². The van der Waals surface area contributed by atoms with Crippen molar-refractivity contribution >= 4 is 33.5 Å². The van der Waals surface area contributed by atoms with Gasteiger partial charge in [-0.05, 0) is 79.1 Å². The summed E-state index contributed by atoms with van der Waals surface area (Å²) in [5, 5.41) is 4.70. The third-order valence-electron chi connectivity index (χ3n) is 7.55. The lowest BCUT2D eigenvalue weighted by molar-refractivity contribution is 0.0770. The molecule has 0 amide bonds. The molecule has 1 saturated heterocycles. The fourth-order valence-electron chi connectivity index (χ4n) is 5.51. The second kappa shape index (κ2) is 9.96. The van der Waals surface area contributed by atoms with Gasteiger partial charge in [0.15, 0.2) is 5.78 Å². The summed E-state index contributed by atoms with van der Waals surface area (Å²) in [7, 11) is -2.54. The molecule has 40 heavy (non-hydrogen) atoms. The lowest BCUT2D eigenvalue weighted by Crippen LogP contribution is -2.53. The molecule has 2 aliphatic rings. The number of hydrogen-bond acceptors (Lipinski definition) is 6. The van der Waals surface area contributed by atoms with Gasteiger partial charge in [-0.3, -0.25) is 9.78 Å². The number of Topliss-reactive ketones (excluding diaryl/α,β-unsaturated/α-hetero) is 1. The fourth-order valence-corrected chi connectivity index (χ4v) is 7.36. The van der Waals surface area contributed by atoms with E-state index < -0.39 is 15.4 Å². The number of methoxy groups -OCH3 is 1. The van der Waals surface area contributed by atoms with E-state index in [0.717, 1.165) is 16.8 Å². The van der Waals surface area contributed by atoms with Crippen LogP contribution < -0.4 is 4.74 Å². The summed E-state index contributed by atoms with van der Waals surface area (Å²) < 4.78 is 49.4. The number of benzene rings is 2. The summed E-state index contributed by atoms with van der Waals surface area (Å²) in [4.78, 5) is 18.5. The number of rotatable bonds is 6. The first-order valence-electron chi connectivity index (χ1n) is 12.6. The van der Waals surface area contributed by atoms with Gasteiger partial charge in [-0.15, -0.1) is 0 Å². The van der Waals surface area contributed by atoms with Crippen LogP contribution >= 0.6 is 11.6 Å². The van der Waals surface area contributed by atoms with Gasteiger partial charge in [0.2, 0.25) is 10.0 Å². The summed E-state index contributed by atoms with van der Waals surface area (Å²) in [6, 6.07) is 15.4. The van der Waals surface area contributed by atoms with Crippen molar-refractivity contribution in [3.8, 4) is 11.4 Å². The van der Waals surface area contributed by atoms with E-state index in [0.29, 0.717) is 17.9 Å². The maximum atomic E-state index is 14.2. The van der Waals surface area contributed by atoms with Crippen LogP contribution in [0.1, 0.15) is 28.2 Å². The third-order valence-corrected chi connectivity index (χ3v) is 9.68. The standard InChI is InChI=1S/C29H24ClFN4O4S/c1-39-27-10-9-23(15-24(27)30)40(37,38)34-13-11-20-14-26-19(17-33-35(26)22-7-5-21(31)6-8-22)16-29(20,18-34)28(36)25-4-2-3-12-32-25/h2-10,12,14-15,17H,11,13,16,18H2,1H3/t29-/m0/s1. The molecule has 2 aromatic carbocycles. The quantitative estimate of drug-likeness (QED) is 0.300. The monoisotopic (exact) mass is 578 g/mol. The van der Waals surface area contributed by atoms with E-state index in [9.17, 15) is 17.6 Å². The average molecular weight is 579 g/mol. The van der Waals surface area contributed by atoms with Crippen LogP contribution in [-0.4, -0.2) is 53.5 Å². The van der Waals surface area contributed by atoms with Gasteiger partial charge in [0.25, 0.3) is 0 Å². The molecule has 0 saturated carbocycles. The van der Waals surface area contributed by atoms with Crippen molar-refractivity contribution in [1.82, 2.24) is 19.1 Å². The maximum absolute atomic E-state index is 14.2. The number of sulfonamides is 1. The molecule has 1 fully saturated rings. The highest BCUT2D eigenvalue weighted by molar-refractivity contribution is 7.89. The number of hydrogen-bond donors (Lipinski definition) is 0. The van der Waals surface area contributed by atoms with Crippen molar-refractivity contribution in [3.63, 3.8) is 0 Å². The Morgan fingerprint density at radius 1 is 1.12 bits per heavy atom. The van der Waals surface area contributed by atoms with Gasteiger partial charge in [0.05, 0.1) is 40.0 Å². The summed E-state index contributed by atoms with van der Waals surface area (Å²) in [5.74, 6) is -0.244. The van der Waals surface area contributed by atoms with Crippen molar-refractivity contribution in [2.75, 3.05) is 20.2 Å². The lowest BCUT2D eigenvalue weighted by Gasteiger charge is -2.44. The molecule has 6 rings (SSSR count). The van der Waals surface area contributed by atoms with E-state index >= 15 is 0 Å². The molecule has 1 aliphatic carbocycles. The topological polar surface area (TPSA) is 94.4 Å². The van der Waals surface area contributed by atoms with E-state index in [2.05, 4.69) is 10.1 Å². The van der Waals surface area contributed by atoms with Crippen LogP contribution in [-0.2, 0) is 16.4 Å². The second-order valence-corrected chi connectivity index (χ2v) is 12.1. The zero-order valence-electron chi connectivity index (χ0n) is 21.4. The van der Waals surface area contributed by atoms with Crippen LogP contribution in [0, 0.1) is 11.2 Å². The summed E-state index contributed by atoms with van der Waals surface area (Å²) in [6.07, 6.45) is 5.71. The number of halogens is 2. The number of fused-ring (bicyclic) bond motifs is 2. The Labute approximate surface area is 235 Å². The molecule has 0 bridgehead atoms. The van der Waals surface area contributed by atoms with Gasteiger partial charge in [-0.2, -0.15) is 9.40 Å². The summed E-state index contributed by atoms with van der Waals surface area (Å²) in [5.41, 5.74) is 2.13. The first-order valence-corrected chi connectivity index (χ1v) is 14.4. The Kier molecular flexibility index (Phi) is 6.56. The van der Waals surface area contributed by atoms with Crippen LogP contribution in [0.2, 0.25) is 5.02 Å². The van der Waals surface area contributed by atoms with Gasteiger partial charge < -0.3 is 4.74 Å². The average Bonchev–Trinajstić information content (AvgIpc) is 3.38. The number of piperidine rings is 1. The third kappa shape index (κ3) is 4.32. The van der Waals surface area contributed by atoms with E-state index in [1.807, 2.05) is 6.08 Å². The SMILES string of the molecule is COc1ccc(S(=O)(=O)N2CCC3=Cc4c(cnn4-c4ccc(F)cc4)C[C@]3(C(=O)c3ccccn3)C2)cc1Cl. The number of nitrogens with zero attached hydrogens (tertiary/aromatic N) is 4. The van der Waals surface area contributed by atoms with Crippen molar-refractivity contribution in [1.29, 1.82) is 0 Å². The Morgan fingerprint density at radius 3 is 2.62 bits per heavy atom. The van der Waals surface area contributed by atoms with Crippen molar-refractivity contribution in [2.45, 2.75) is 17.7 Å². The highest BCUT2D eigenvalue weighted by atomic mass is 35.5. The zero-order valence-corrected chi connectivity index (χ0v) is 23.0. The second-order valence-electron chi connectivity index (χ2n) is 9.80. The fraction of sp³-hybridized carbons (Fsp3) is 0.207. The van der Waals surface area contributed by atoms with Crippen LogP contribution in [0.25, 0.3) is 11.8 Å². The highest BCUT2D eigenvalue weighted by Crippen LogP contribution is 2.47. The molecule has 1 aliphatic heterocycles. The van der Waals surface area contributed by atoms with Crippen LogP contribution in [0.5, 0.6) is 5.75 Å². The predicted molar refractivity (Wildman–Crippen MR) is 148 cm³/mol. The smallest absolute Gasteiger partial charge is 0.243 e. The minimum absolute atomic E-state index is 0.0202.